The third-order valence-corrected chi connectivity index (χ3v) is 1.80. The number of hydrogen-bond acceptors (Lipinski definition) is 3. The predicted octanol–water partition coefficient (Wildman–Crippen LogP) is 1.65. The first-order valence-electron chi connectivity index (χ1n) is 3.89. The number of aromatic nitrogens is 4. The van der Waals surface area contributed by atoms with Crippen molar-refractivity contribution in [2.45, 2.75) is 6.54 Å². The molecule has 1 N–H and O–H groups in total. The summed E-state index contributed by atoms with van der Waals surface area (Å²) >= 11 is 5.62. The summed E-state index contributed by atoms with van der Waals surface area (Å²) in [6, 6.07) is 1.68. The smallest absolute Gasteiger partial charge is 0.224 e. The monoisotopic (exact) mass is 1310 g/mol. The molecule has 2 heterocycles. The van der Waals surface area contributed by atoms with E-state index in [-0.39, 0.29) is 138 Å². The Labute approximate surface area is 208 Å². The van der Waals surface area contributed by atoms with Gasteiger partial charge in [0.2, 0.25) is 5.28 Å². The van der Waals surface area contributed by atoms with Gasteiger partial charge in [-0.05, 0) is 17.7 Å². The van der Waals surface area contributed by atoms with Gasteiger partial charge in [0.25, 0.3) is 0 Å². The second kappa shape index (κ2) is 18.0. The topological polar surface area (TPSA) is 67.4 Å². The van der Waals surface area contributed by atoms with Crippen LogP contribution in [0.4, 0.5) is 0 Å². The zero-order chi connectivity index (χ0) is 9.97. The molecule has 2 rings (SSSR count). The van der Waals surface area contributed by atoms with Crippen LogP contribution in [0.1, 0.15) is 5.56 Å². The number of halogens is 1. The molecule has 0 aliphatic rings. The fraction of sp³-hybridized carbons (Fsp3) is 0.125. The van der Waals surface area contributed by atoms with E-state index < -0.39 is 0 Å². The average Bonchev–Trinajstić information content (AvgIpc) is 2.66. The summed E-state index contributed by atoms with van der Waals surface area (Å²) in [5.74, 6) is 0.570. The first-order chi connectivity index (χ1) is 6.79. The molecule has 0 aromatic carbocycles. The fourth-order valence-electron chi connectivity index (χ4n) is 0.980. The van der Waals surface area contributed by atoms with E-state index in [1.54, 1.807) is 18.5 Å². The third kappa shape index (κ3) is 10.4. The van der Waals surface area contributed by atoms with Crippen molar-refractivity contribution < 1.29 is 126 Å². The molecule has 5 nitrogen and oxygen atoms in total. The van der Waals surface area contributed by atoms with Gasteiger partial charge < -0.3 is 10.4 Å². The molecule has 0 amide bonds. The van der Waals surface area contributed by atoms with Gasteiger partial charge in [-0.3, -0.25) is 5.10 Å². The molecule has 0 saturated carbocycles. The predicted molar refractivity (Wildman–Crippen MR) is 51.0 cm³/mol. The number of hydrogen-bond donors (Lipinski definition) is 0. The van der Waals surface area contributed by atoms with Crippen molar-refractivity contribution in [2.24, 2.45) is 0 Å². The van der Waals surface area contributed by atoms with Crippen LogP contribution in [-0.4, -0.2) is 19.7 Å². The first kappa shape index (κ1) is 34.1. The van der Waals surface area contributed by atoms with Gasteiger partial charge in [-0.1, -0.05) is 0 Å². The molecule has 0 fully saturated rings. The van der Waals surface area contributed by atoms with Crippen LogP contribution in [0.2, 0.25) is 5.28 Å². The fourth-order valence-corrected chi connectivity index (χ4v) is 1.12. The molecule has 2 aromatic heterocycles. The van der Waals surface area contributed by atoms with E-state index in [1.807, 2.05) is 0 Å². The maximum absolute atomic E-state index is 7.12. The van der Waals surface area contributed by atoms with Crippen LogP contribution in [0, 0.1) is 6.20 Å². The zero-order valence-corrected chi connectivity index (χ0v) is 27.9. The van der Waals surface area contributed by atoms with E-state index in [9.17, 15) is 0 Å². The van der Waals surface area contributed by atoms with Crippen LogP contribution in [0.15, 0.2) is 18.5 Å². The van der Waals surface area contributed by atoms with Gasteiger partial charge in [0.15, 0.2) is 0 Å². The Morgan fingerprint density at radius 1 is 1.15 bits per heavy atom. The molecule has 0 aliphatic heterocycles. The molecule has 0 radical (unpaired) electrons. The van der Waals surface area contributed by atoms with Gasteiger partial charge in [0, 0.05) is 133 Å². The number of nitrogens with one attached hydrogen (secondary N) is 1. The minimum atomic E-state index is 0. The van der Waals surface area contributed by atoms with Crippen molar-refractivity contribution in [2.75, 3.05) is 0 Å². The summed E-state index contributed by atoms with van der Waals surface area (Å²) in [6.45, 7) is 0.152. The van der Waals surface area contributed by atoms with E-state index in [2.05, 4.69) is 21.3 Å². The van der Waals surface area contributed by atoms with Crippen molar-refractivity contribution in [3.05, 3.63) is 41.2 Å². The molecular weight excluding hydrogens is 1300 g/mol. The summed E-state index contributed by atoms with van der Waals surface area (Å²) in [4.78, 5) is 7.72. The van der Waals surface area contributed by atoms with Crippen molar-refractivity contribution in [3.8, 4) is 5.82 Å². The van der Waals surface area contributed by atoms with E-state index in [4.69, 9.17) is 17.3 Å². The van der Waals surface area contributed by atoms with Crippen LogP contribution in [-0.2, 0) is 133 Å². The standard InChI is InChI=1S/C8H6ClN5.6W/c9-8-11-2-1-7(13-8)14-5-6(3-10)4-12-14;;;;;;/h1-2,5,10H,3H2;;;;;;/q-2;;;;;;. The molecule has 0 aliphatic carbocycles. The van der Waals surface area contributed by atoms with Crippen LogP contribution in [0.3, 0.4) is 0 Å². The molecule has 0 spiro atoms. The van der Waals surface area contributed by atoms with Crippen molar-refractivity contribution >= 4 is 11.6 Å². The summed E-state index contributed by atoms with van der Waals surface area (Å²) in [5.41, 5.74) is 7.83. The Morgan fingerprint density at radius 3 is 2.20 bits per heavy atom. The Kier molecular flexibility index (Phi) is 30.7. The van der Waals surface area contributed by atoms with Gasteiger partial charge >= 0.3 is 0 Å². The third-order valence-electron chi connectivity index (χ3n) is 1.62. The summed E-state index contributed by atoms with van der Waals surface area (Å²) in [5, 5.41) is 4.09. The minimum absolute atomic E-state index is 0. The van der Waals surface area contributed by atoms with Gasteiger partial charge in [-0.2, -0.15) is 6.54 Å². The second-order valence-electron chi connectivity index (χ2n) is 2.57. The van der Waals surface area contributed by atoms with Crippen LogP contribution in [0.5, 0.6) is 0 Å². The van der Waals surface area contributed by atoms with Gasteiger partial charge in [0.05, 0.1) is 0 Å². The van der Waals surface area contributed by atoms with Crippen molar-refractivity contribution in [3.63, 3.8) is 0 Å². The van der Waals surface area contributed by atoms with Crippen LogP contribution < -0.4 is 0 Å². The van der Waals surface area contributed by atoms with Crippen LogP contribution in [0.25, 0.3) is 11.6 Å². The molecule has 0 atom stereocenters. The molecule has 0 bridgehead atoms. The van der Waals surface area contributed by atoms with Crippen LogP contribution >= 0.6 is 11.6 Å². The number of nitrogens with zero attached hydrogens (tertiary/aromatic N) is 4. The SMILES string of the molecule is [NH-]Cc1[c-]nn(-c2ccnc(Cl)n2)c1.[W].[W].[W].[W].[W].[W]. The Balaban J connectivity index is -0.000000125. The molecule has 108 valence electrons. The largest absolute Gasteiger partial charge is 0.676 e. The van der Waals surface area contributed by atoms with E-state index in [0.29, 0.717) is 11.4 Å². The summed E-state index contributed by atoms with van der Waals surface area (Å²) in [6.07, 6.45) is 5.93. The zero-order valence-electron chi connectivity index (χ0n) is 9.56. The normalized spacial score (nSPS) is 7.30. The van der Waals surface area contributed by atoms with Crippen molar-refractivity contribution in [1.82, 2.24) is 19.7 Å². The minimum Gasteiger partial charge on any atom is -0.676 e. The Hall–Kier alpha value is 2.67. The molecule has 0 saturated heterocycles. The molecule has 2 aromatic rings. The van der Waals surface area contributed by atoms with Gasteiger partial charge in [0.1, 0.15) is 5.82 Å². The summed E-state index contributed by atoms with van der Waals surface area (Å²) < 4.78 is 1.51. The van der Waals surface area contributed by atoms with E-state index in [1.165, 1.54) is 4.68 Å². The molecule has 20 heavy (non-hydrogen) atoms. The second-order valence-corrected chi connectivity index (χ2v) is 2.91. The maximum atomic E-state index is 7.12. The average molecular weight is 1310 g/mol. The van der Waals surface area contributed by atoms with Crippen molar-refractivity contribution in [1.29, 1.82) is 0 Å². The molecule has 12 heteroatoms. The maximum Gasteiger partial charge on any atom is 0.224 e. The molecule has 0 unspecified atom stereocenters. The van der Waals surface area contributed by atoms with Gasteiger partial charge in [-0.15, -0.1) is 12.4 Å². The van der Waals surface area contributed by atoms with Gasteiger partial charge in [-0.25, -0.2) is 15.5 Å². The van der Waals surface area contributed by atoms with E-state index >= 15 is 0 Å². The molecular formula is C8H6ClN5W6-2. The van der Waals surface area contributed by atoms with E-state index in [0.717, 1.165) is 0 Å². The Morgan fingerprint density at radius 2 is 1.75 bits per heavy atom. The Bertz CT molecular complexity index is 456. The number of rotatable bonds is 2. The quantitative estimate of drug-likeness (QED) is 0.340. The first-order valence-corrected chi connectivity index (χ1v) is 4.27. The summed E-state index contributed by atoms with van der Waals surface area (Å²) in [7, 11) is 0.